The Kier molecular flexibility index (Phi) is 18.1. The molecule has 0 aromatic heterocycles. The van der Waals surface area contributed by atoms with Gasteiger partial charge in [0.25, 0.3) is 0 Å². The topological polar surface area (TPSA) is 92.7 Å². The average Bonchev–Trinajstić information content (AvgIpc) is 2.83. The number of hydrogen-bond donors (Lipinski definition) is 1. The monoisotopic (exact) mass is 492 g/mol. The molecule has 0 aromatic rings. The maximum atomic E-state index is 12.4. The number of rotatable bonds is 23. The lowest BCUT2D eigenvalue weighted by Gasteiger charge is -2.38. The van der Waals surface area contributed by atoms with E-state index in [0.29, 0.717) is 0 Å². The minimum absolute atomic E-state index is 0.147. The molecule has 34 heavy (non-hydrogen) atoms. The smallest absolute Gasteiger partial charge is 0.339 e. The Balaban J connectivity index is 5.66. The van der Waals surface area contributed by atoms with E-state index in [1.807, 2.05) is 27.7 Å². The molecule has 0 aromatic carbocycles. The van der Waals surface area contributed by atoms with Crippen LogP contribution in [0.25, 0.3) is 0 Å². The second kappa shape index (κ2) is 18.5. The lowest BCUT2D eigenvalue weighted by atomic mass is 9.90. The van der Waals surface area contributed by atoms with Crippen molar-refractivity contribution < 1.29 is 39.2 Å². The van der Waals surface area contributed by atoms with Crippen LogP contribution < -0.4 is 0 Å². The van der Waals surface area contributed by atoms with Gasteiger partial charge in [-0.1, -0.05) is 73.1 Å². The molecule has 0 fully saturated rings. The van der Waals surface area contributed by atoms with Crippen LogP contribution in [0.2, 0.25) is 0 Å². The van der Waals surface area contributed by atoms with Crippen molar-refractivity contribution in [1.29, 1.82) is 0 Å². The minimum atomic E-state index is -1.69. The molecule has 0 aliphatic heterocycles. The highest BCUT2D eigenvalue weighted by molar-refractivity contribution is 5.77. The summed E-state index contributed by atoms with van der Waals surface area (Å²) in [4.78, 5) is 46.6. The molecule has 8 nitrogen and oxygen atoms in total. The largest absolute Gasteiger partial charge is 0.479 e. The molecule has 0 heterocycles. The summed E-state index contributed by atoms with van der Waals surface area (Å²) in [6.45, 7) is 15.6. The van der Waals surface area contributed by atoms with Gasteiger partial charge in [-0.2, -0.15) is 9.78 Å². The summed E-state index contributed by atoms with van der Waals surface area (Å²) in [7, 11) is 0. The molecular formula is C26H52O8. The summed E-state index contributed by atoms with van der Waals surface area (Å²) in [6.07, 6.45) is 8.14. The summed E-state index contributed by atoms with van der Waals surface area (Å²) in [5.74, 6) is -2.63. The van der Waals surface area contributed by atoms with Gasteiger partial charge in [-0.25, -0.2) is 24.3 Å². The molecule has 4 unspecified atom stereocenters. The van der Waals surface area contributed by atoms with Gasteiger partial charge in [0, 0.05) is 6.42 Å². The lowest BCUT2D eigenvalue weighted by molar-refractivity contribution is -0.536. The Morgan fingerprint density at radius 3 is 1.35 bits per heavy atom. The van der Waals surface area contributed by atoms with Crippen molar-refractivity contribution in [3.63, 3.8) is 0 Å². The van der Waals surface area contributed by atoms with Crippen LogP contribution >= 0.6 is 0 Å². The molecule has 0 rings (SSSR count). The predicted molar refractivity (Wildman–Crippen MR) is 132 cm³/mol. The molecule has 0 saturated heterocycles. The molecule has 0 saturated carbocycles. The molecule has 1 N–H and O–H groups in total. The maximum absolute atomic E-state index is 12.4. The van der Waals surface area contributed by atoms with Gasteiger partial charge in [0.05, 0.1) is 24.7 Å². The fourth-order valence-electron chi connectivity index (χ4n) is 3.36. The van der Waals surface area contributed by atoms with Crippen molar-refractivity contribution in [2.24, 2.45) is 0 Å². The molecule has 4 atom stereocenters. The van der Waals surface area contributed by atoms with E-state index < -0.39 is 17.4 Å². The number of carboxylic acid groups (broad SMARTS) is 1. The van der Waals surface area contributed by atoms with Gasteiger partial charge in [-0.05, 0) is 46.5 Å². The SMILES string of the molecule is CCCCC(C)OOC(CC)(CC(CC)(OOC(C)CCCC)C(=O)O)OOC(C)CCCC. The summed E-state index contributed by atoms with van der Waals surface area (Å²) >= 11 is 0. The van der Waals surface area contributed by atoms with E-state index in [9.17, 15) is 9.90 Å². The van der Waals surface area contributed by atoms with Gasteiger partial charge in [-0.3, -0.25) is 0 Å². The van der Waals surface area contributed by atoms with E-state index in [-0.39, 0.29) is 37.6 Å². The summed E-state index contributed by atoms with van der Waals surface area (Å²) in [5, 5.41) is 10.2. The molecule has 0 amide bonds. The van der Waals surface area contributed by atoms with Crippen molar-refractivity contribution in [3.05, 3.63) is 0 Å². The molecule has 0 aliphatic carbocycles. The number of carboxylic acids is 1. The zero-order valence-electron chi connectivity index (χ0n) is 23.0. The van der Waals surface area contributed by atoms with Gasteiger partial charge < -0.3 is 5.11 Å². The van der Waals surface area contributed by atoms with Crippen LogP contribution in [0, 0.1) is 0 Å². The van der Waals surface area contributed by atoms with Gasteiger partial charge in [0.1, 0.15) is 0 Å². The number of aliphatic carboxylic acids is 1. The van der Waals surface area contributed by atoms with E-state index in [4.69, 9.17) is 29.3 Å². The third-order valence-electron chi connectivity index (χ3n) is 6.05. The molecule has 0 spiro atoms. The second-order valence-corrected chi connectivity index (χ2v) is 9.49. The fourth-order valence-corrected chi connectivity index (χ4v) is 3.36. The van der Waals surface area contributed by atoms with Crippen LogP contribution in [-0.2, 0) is 34.1 Å². The first-order valence-corrected chi connectivity index (χ1v) is 13.4. The zero-order valence-corrected chi connectivity index (χ0v) is 23.0. The standard InChI is InChI=1S/C26H52O8/c1-9-14-17-21(6)29-32-25(12-4,24(27)28)20-26(13-5,33-30-22(7)18-15-10-2)34-31-23(8)19-16-11-3/h21-23H,9-20H2,1-8H3,(H,27,28). The number of unbranched alkanes of at least 4 members (excludes halogenated alkanes) is 3. The Morgan fingerprint density at radius 1 is 0.676 bits per heavy atom. The molecule has 8 heteroatoms. The van der Waals surface area contributed by atoms with Crippen LogP contribution in [-0.4, -0.2) is 40.8 Å². The van der Waals surface area contributed by atoms with E-state index in [0.717, 1.165) is 57.8 Å². The van der Waals surface area contributed by atoms with Crippen molar-refractivity contribution in [3.8, 4) is 0 Å². The van der Waals surface area contributed by atoms with E-state index >= 15 is 0 Å². The van der Waals surface area contributed by atoms with Gasteiger partial charge in [0.15, 0.2) is 0 Å². The Morgan fingerprint density at radius 2 is 1.06 bits per heavy atom. The summed E-state index contributed by atoms with van der Waals surface area (Å²) < 4.78 is 0. The van der Waals surface area contributed by atoms with Crippen LogP contribution in [0.1, 0.15) is 132 Å². The average molecular weight is 493 g/mol. The molecule has 0 aliphatic rings. The first-order valence-electron chi connectivity index (χ1n) is 13.4. The molecule has 0 bridgehead atoms. The second-order valence-electron chi connectivity index (χ2n) is 9.49. The Bertz CT molecular complexity index is 497. The van der Waals surface area contributed by atoms with Gasteiger partial charge >= 0.3 is 5.97 Å². The number of carbonyl (C=O) groups is 1. The third kappa shape index (κ3) is 12.8. The molecular weight excluding hydrogens is 440 g/mol. The van der Waals surface area contributed by atoms with E-state index in [1.54, 1.807) is 6.92 Å². The molecule has 204 valence electrons. The number of hydrogen-bond acceptors (Lipinski definition) is 7. The molecule has 0 radical (unpaired) electrons. The van der Waals surface area contributed by atoms with Crippen molar-refractivity contribution in [1.82, 2.24) is 0 Å². The highest BCUT2D eigenvalue weighted by atomic mass is 17.3. The predicted octanol–water partition coefficient (Wildman–Crippen LogP) is 7.30. The summed E-state index contributed by atoms with van der Waals surface area (Å²) in [5.41, 5.74) is -1.69. The quantitative estimate of drug-likeness (QED) is 0.0902. The summed E-state index contributed by atoms with van der Waals surface area (Å²) in [6, 6.07) is 0. The lowest BCUT2D eigenvalue weighted by Crippen LogP contribution is -2.51. The first-order chi connectivity index (χ1) is 16.1. The third-order valence-corrected chi connectivity index (χ3v) is 6.05. The Labute approximate surface area is 207 Å². The van der Waals surface area contributed by atoms with Crippen LogP contribution in [0.5, 0.6) is 0 Å². The van der Waals surface area contributed by atoms with E-state index in [2.05, 4.69) is 20.8 Å². The van der Waals surface area contributed by atoms with Gasteiger partial charge in [0.2, 0.25) is 11.4 Å². The highest BCUT2D eigenvalue weighted by Crippen LogP contribution is 2.36. The van der Waals surface area contributed by atoms with Crippen LogP contribution in [0.4, 0.5) is 0 Å². The van der Waals surface area contributed by atoms with Crippen molar-refractivity contribution in [2.75, 3.05) is 0 Å². The van der Waals surface area contributed by atoms with Crippen LogP contribution in [0.3, 0.4) is 0 Å². The highest BCUT2D eigenvalue weighted by Gasteiger charge is 2.51. The normalized spacial score (nSPS) is 18.1. The van der Waals surface area contributed by atoms with E-state index in [1.165, 1.54) is 0 Å². The first kappa shape index (κ1) is 33.2. The Hall–Kier alpha value is -0.770. The van der Waals surface area contributed by atoms with Gasteiger partial charge in [-0.15, -0.1) is 0 Å². The van der Waals surface area contributed by atoms with Crippen LogP contribution in [0.15, 0.2) is 0 Å². The fraction of sp³-hybridized carbons (Fsp3) is 0.962. The maximum Gasteiger partial charge on any atom is 0.339 e. The zero-order chi connectivity index (χ0) is 26.0. The van der Waals surface area contributed by atoms with Crippen molar-refractivity contribution in [2.45, 2.75) is 162 Å². The van der Waals surface area contributed by atoms with Crippen molar-refractivity contribution >= 4 is 5.97 Å². The minimum Gasteiger partial charge on any atom is -0.479 e.